The van der Waals surface area contributed by atoms with E-state index in [9.17, 15) is 5.11 Å². The summed E-state index contributed by atoms with van der Waals surface area (Å²) >= 11 is 0. The first-order valence-electron chi connectivity index (χ1n) is 6.36. The molecule has 2 aliphatic heterocycles. The molecule has 0 radical (unpaired) electrons. The molecule has 3 rings (SSSR count). The number of hydrogen-bond donors (Lipinski definition) is 1. The summed E-state index contributed by atoms with van der Waals surface area (Å²) in [6.07, 6.45) is 0.617. The van der Waals surface area contributed by atoms with E-state index in [1.807, 2.05) is 12.1 Å². The minimum atomic E-state index is -0.214. The number of fused-ring (bicyclic) bond motifs is 1. The Morgan fingerprint density at radius 1 is 1.33 bits per heavy atom. The van der Waals surface area contributed by atoms with Gasteiger partial charge in [0.05, 0.1) is 6.10 Å². The number of hydrogen-bond acceptors (Lipinski definition) is 4. The van der Waals surface area contributed by atoms with Crippen molar-refractivity contribution in [2.45, 2.75) is 38.5 Å². The molecule has 1 saturated heterocycles. The van der Waals surface area contributed by atoms with E-state index in [1.165, 1.54) is 5.56 Å². The fourth-order valence-electron chi connectivity index (χ4n) is 2.81. The summed E-state index contributed by atoms with van der Waals surface area (Å²) in [7, 11) is 0. The molecule has 0 amide bonds. The highest BCUT2D eigenvalue weighted by atomic mass is 16.7. The minimum absolute atomic E-state index is 0.0514. The van der Waals surface area contributed by atoms with Gasteiger partial charge in [-0.05, 0) is 38.0 Å². The summed E-state index contributed by atoms with van der Waals surface area (Å²) < 4.78 is 10.7. The highest BCUT2D eigenvalue weighted by molar-refractivity contribution is 5.44. The van der Waals surface area contributed by atoms with Gasteiger partial charge in [-0.3, -0.25) is 4.90 Å². The fraction of sp³-hybridized carbons (Fsp3) is 0.571. The number of rotatable bonds is 2. The molecule has 1 unspecified atom stereocenters. The Kier molecular flexibility index (Phi) is 2.72. The second-order valence-electron chi connectivity index (χ2n) is 5.74. The summed E-state index contributed by atoms with van der Waals surface area (Å²) in [6.45, 7) is 6.24. The molecule has 1 fully saturated rings. The van der Waals surface area contributed by atoms with Crippen molar-refractivity contribution < 1.29 is 14.6 Å². The van der Waals surface area contributed by atoms with Gasteiger partial charge in [0.2, 0.25) is 6.79 Å². The van der Waals surface area contributed by atoms with Crippen LogP contribution in [0.4, 0.5) is 0 Å². The SMILES string of the molecule is CC1(C)CC(O)CN1Cc1ccc2c(c1)OCO2. The molecular formula is C14H19NO3. The van der Waals surface area contributed by atoms with Crippen molar-refractivity contribution in [3.05, 3.63) is 23.8 Å². The zero-order chi connectivity index (χ0) is 12.8. The highest BCUT2D eigenvalue weighted by Gasteiger charge is 2.37. The van der Waals surface area contributed by atoms with Crippen molar-refractivity contribution in [2.75, 3.05) is 13.3 Å². The lowest BCUT2D eigenvalue weighted by Crippen LogP contribution is -2.37. The molecule has 4 nitrogen and oxygen atoms in total. The topological polar surface area (TPSA) is 41.9 Å². The molecule has 4 heteroatoms. The Morgan fingerprint density at radius 3 is 2.83 bits per heavy atom. The van der Waals surface area contributed by atoms with E-state index >= 15 is 0 Å². The molecule has 0 aromatic heterocycles. The molecule has 0 saturated carbocycles. The van der Waals surface area contributed by atoms with Crippen LogP contribution in [-0.2, 0) is 6.54 Å². The van der Waals surface area contributed by atoms with Crippen LogP contribution >= 0.6 is 0 Å². The molecule has 18 heavy (non-hydrogen) atoms. The molecule has 1 aromatic rings. The second kappa shape index (κ2) is 4.14. The Morgan fingerprint density at radius 2 is 2.11 bits per heavy atom. The van der Waals surface area contributed by atoms with E-state index in [-0.39, 0.29) is 11.6 Å². The molecule has 1 aromatic carbocycles. The second-order valence-corrected chi connectivity index (χ2v) is 5.74. The van der Waals surface area contributed by atoms with Gasteiger partial charge in [-0.2, -0.15) is 0 Å². The molecule has 0 bridgehead atoms. The average molecular weight is 249 g/mol. The quantitative estimate of drug-likeness (QED) is 0.867. The summed E-state index contributed by atoms with van der Waals surface area (Å²) in [5.41, 5.74) is 1.25. The van der Waals surface area contributed by atoms with Crippen molar-refractivity contribution in [3.63, 3.8) is 0 Å². The van der Waals surface area contributed by atoms with Crippen LogP contribution in [0.3, 0.4) is 0 Å². The number of aliphatic hydroxyl groups excluding tert-OH is 1. The Labute approximate surface area is 107 Å². The van der Waals surface area contributed by atoms with E-state index in [0.29, 0.717) is 6.79 Å². The Balaban J connectivity index is 1.77. The fourth-order valence-corrected chi connectivity index (χ4v) is 2.81. The van der Waals surface area contributed by atoms with Crippen LogP contribution in [0.5, 0.6) is 11.5 Å². The maximum atomic E-state index is 9.78. The molecular weight excluding hydrogens is 230 g/mol. The van der Waals surface area contributed by atoms with Crippen molar-refractivity contribution >= 4 is 0 Å². The number of benzene rings is 1. The first-order valence-corrected chi connectivity index (χ1v) is 6.36. The monoisotopic (exact) mass is 249 g/mol. The number of aliphatic hydroxyl groups is 1. The third kappa shape index (κ3) is 2.06. The van der Waals surface area contributed by atoms with Crippen molar-refractivity contribution in [3.8, 4) is 11.5 Å². The molecule has 1 atom stereocenters. The lowest BCUT2D eigenvalue weighted by Gasteiger charge is -2.31. The van der Waals surface area contributed by atoms with Crippen LogP contribution in [0.2, 0.25) is 0 Å². The van der Waals surface area contributed by atoms with Crippen LogP contribution in [0, 0.1) is 0 Å². The number of ether oxygens (including phenoxy) is 2. The van der Waals surface area contributed by atoms with Crippen LogP contribution in [0.25, 0.3) is 0 Å². The maximum Gasteiger partial charge on any atom is 0.231 e. The first-order chi connectivity index (χ1) is 8.54. The molecule has 0 aliphatic carbocycles. The molecule has 1 N–H and O–H groups in total. The zero-order valence-electron chi connectivity index (χ0n) is 10.8. The van der Waals surface area contributed by atoms with Crippen LogP contribution in [0.15, 0.2) is 18.2 Å². The van der Waals surface area contributed by atoms with Gasteiger partial charge in [0.15, 0.2) is 11.5 Å². The van der Waals surface area contributed by atoms with Crippen LogP contribution in [-0.4, -0.2) is 35.0 Å². The summed E-state index contributed by atoms with van der Waals surface area (Å²) in [5.74, 6) is 1.64. The lowest BCUT2D eigenvalue weighted by molar-refractivity contribution is 0.156. The van der Waals surface area contributed by atoms with Gasteiger partial charge in [0, 0.05) is 18.6 Å². The highest BCUT2D eigenvalue weighted by Crippen LogP contribution is 2.35. The van der Waals surface area contributed by atoms with E-state index in [4.69, 9.17) is 9.47 Å². The van der Waals surface area contributed by atoms with E-state index in [1.54, 1.807) is 0 Å². The number of nitrogens with zero attached hydrogens (tertiary/aromatic N) is 1. The normalized spacial score (nSPS) is 25.6. The molecule has 2 heterocycles. The predicted molar refractivity (Wildman–Crippen MR) is 67.7 cm³/mol. The standard InChI is InChI=1S/C14H19NO3/c1-14(2)6-11(16)8-15(14)7-10-3-4-12-13(5-10)18-9-17-12/h3-5,11,16H,6-9H2,1-2H3. The first kappa shape index (κ1) is 11.8. The minimum Gasteiger partial charge on any atom is -0.454 e. The summed E-state index contributed by atoms with van der Waals surface area (Å²) in [4.78, 5) is 2.31. The van der Waals surface area contributed by atoms with Gasteiger partial charge >= 0.3 is 0 Å². The van der Waals surface area contributed by atoms with Gasteiger partial charge < -0.3 is 14.6 Å². The Bertz CT molecular complexity index is 458. The lowest BCUT2D eigenvalue weighted by atomic mass is 10.0. The van der Waals surface area contributed by atoms with Gasteiger partial charge in [-0.25, -0.2) is 0 Å². The summed E-state index contributed by atoms with van der Waals surface area (Å²) in [5, 5.41) is 9.78. The third-order valence-electron chi connectivity index (χ3n) is 3.83. The Hall–Kier alpha value is -1.26. The van der Waals surface area contributed by atoms with Gasteiger partial charge in [-0.1, -0.05) is 6.07 Å². The van der Waals surface area contributed by atoms with E-state index in [2.05, 4.69) is 24.8 Å². The predicted octanol–water partition coefficient (Wildman–Crippen LogP) is 1.76. The van der Waals surface area contributed by atoms with Gasteiger partial charge in [-0.15, -0.1) is 0 Å². The van der Waals surface area contributed by atoms with Crippen molar-refractivity contribution in [1.82, 2.24) is 4.90 Å². The maximum absolute atomic E-state index is 9.78. The smallest absolute Gasteiger partial charge is 0.231 e. The van der Waals surface area contributed by atoms with Gasteiger partial charge in [0.25, 0.3) is 0 Å². The summed E-state index contributed by atoms with van der Waals surface area (Å²) in [6, 6.07) is 6.05. The zero-order valence-corrected chi connectivity index (χ0v) is 10.8. The molecule has 98 valence electrons. The number of likely N-dealkylation sites (tertiary alicyclic amines) is 1. The van der Waals surface area contributed by atoms with Gasteiger partial charge in [0.1, 0.15) is 0 Å². The van der Waals surface area contributed by atoms with Crippen LogP contribution < -0.4 is 9.47 Å². The van der Waals surface area contributed by atoms with E-state index < -0.39 is 0 Å². The largest absolute Gasteiger partial charge is 0.454 e. The molecule has 2 aliphatic rings. The molecule has 0 spiro atoms. The third-order valence-corrected chi connectivity index (χ3v) is 3.83. The van der Waals surface area contributed by atoms with Crippen molar-refractivity contribution in [1.29, 1.82) is 0 Å². The average Bonchev–Trinajstić information content (AvgIpc) is 2.83. The van der Waals surface area contributed by atoms with Crippen molar-refractivity contribution in [2.24, 2.45) is 0 Å². The number of β-amino-alcohol motifs (C(OH)–C–C–N with tert-alkyl or cyclic N) is 1. The van der Waals surface area contributed by atoms with Crippen LogP contribution in [0.1, 0.15) is 25.8 Å². The van der Waals surface area contributed by atoms with E-state index in [0.717, 1.165) is 31.0 Å².